The predicted molar refractivity (Wildman–Crippen MR) is 71.6 cm³/mol. The van der Waals surface area contributed by atoms with E-state index in [1.54, 1.807) is 25.7 Å². The van der Waals surface area contributed by atoms with E-state index in [1.165, 1.54) is 0 Å². The minimum absolute atomic E-state index is 0.163. The monoisotopic (exact) mass is 287 g/mol. The van der Waals surface area contributed by atoms with Crippen molar-refractivity contribution >= 4 is 11.8 Å². The van der Waals surface area contributed by atoms with E-state index in [1.807, 2.05) is 0 Å². The SMILES string of the molecule is CC(C)(C)OC(=O)N1CCC(C(C[N+](=O)[O-])=NO)CC1. The van der Waals surface area contributed by atoms with Gasteiger partial charge in [-0.1, -0.05) is 5.16 Å². The normalized spacial score (nSPS) is 17.9. The molecule has 0 aromatic carbocycles. The molecule has 114 valence electrons. The molecule has 8 heteroatoms. The highest BCUT2D eigenvalue weighted by Crippen LogP contribution is 2.21. The molecule has 1 saturated heterocycles. The molecule has 20 heavy (non-hydrogen) atoms. The molecule has 0 radical (unpaired) electrons. The van der Waals surface area contributed by atoms with Crippen LogP contribution in [0, 0.1) is 16.0 Å². The van der Waals surface area contributed by atoms with Gasteiger partial charge in [0.05, 0.1) is 0 Å². The third kappa shape index (κ3) is 5.02. The second kappa shape index (κ2) is 6.53. The number of rotatable bonds is 3. The van der Waals surface area contributed by atoms with E-state index in [-0.39, 0.29) is 17.7 Å². The van der Waals surface area contributed by atoms with Crippen molar-refractivity contribution in [3.05, 3.63) is 10.1 Å². The zero-order valence-corrected chi connectivity index (χ0v) is 12.0. The summed E-state index contributed by atoms with van der Waals surface area (Å²) in [5.41, 5.74) is -0.379. The van der Waals surface area contributed by atoms with Gasteiger partial charge in [0.25, 0.3) is 0 Å². The standard InChI is InChI=1S/C12H21N3O5/c1-12(2,3)20-11(16)14-6-4-9(5-7-14)10(13-17)8-15(18)19/h9,17H,4-8H2,1-3H3. The van der Waals surface area contributed by atoms with Crippen LogP contribution in [0.2, 0.25) is 0 Å². The quantitative estimate of drug-likeness (QED) is 0.368. The number of carbonyl (C=O) groups excluding carboxylic acids is 1. The van der Waals surface area contributed by atoms with E-state index < -0.39 is 17.1 Å². The average molecular weight is 287 g/mol. The van der Waals surface area contributed by atoms with Crippen molar-refractivity contribution in [2.24, 2.45) is 11.1 Å². The number of hydrogen-bond acceptors (Lipinski definition) is 6. The molecule has 1 aliphatic heterocycles. The molecule has 0 aliphatic carbocycles. The van der Waals surface area contributed by atoms with Gasteiger partial charge in [-0.2, -0.15) is 0 Å². The molecule has 1 N–H and O–H groups in total. The van der Waals surface area contributed by atoms with Crippen molar-refractivity contribution < 1.29 is 19.7 Å². The third-order valence-electron chi connectivity index (χ3n) is 3.04. The number of ether oxygens (including phenoxy) is 1. The maximum absolute atomic E-state index is 11.9. The summed E-state index contributed by atoms with van der Waals surface area (Å²) >= 11 is 0. The lowest BCUT2D eigenvalue weighted by molar-refractivity contribution is -0.463. The first kappa shape index (κ1) is 16.2. The van der Waals surface area contributed by atoms with Crippen LogP contribution in [0.5, 0.6) is 0 Å². The maximum Gasteiger partial charge on any atom is 0.410 e. The second-order valence-corrected chi connectivity index (χ2v) is 5.82. The number of hydrogen-bond donors (Lipinski definition) is 1. The molecule has 1 rings (SSSR count). The molecular formula is C12H21N3O5. The van der Waals surface area contributed by atoms with Crippen molar-refractivity contribution in [1.82, 2.24) is 4.90 Å². The fourth-order valence-corrected chi connectivity index (χ4v) is 2.10. The lowest BCUT2D eigenvalue weighted by Crippen LogP contribution is -2.43. The van der Waals surface area contributed by atoms with Crippen LogP contribution < -0.4 is 0 Å². The van der Waals surface area contributed by atoms with Gasteiger partial charge in [-0.05, 0) is 33.6 Å². The maximum atomic E-state index is 11.9. The number of likely N-dealkylation sites (tertiary alicyclic amines) is 1. The van der Waals surface area contributed by atoms with Crippen LogP contribution >= 0.6 is 0 Å². The molecule has 0 bridgehead atoms. The van der Waals surface area contributed by atoms with Gasteiger partial charge in [-0.3, -0.25) is 10.1 Å². The summed E-state index contributed by atoms with van der Waals surface area (Å²) < 4.78 is 5.26. The highest BCUT2D eigenvalue weighted by atomic mass is 16.6. The Morgan fingerprint density at radius 3 is 2.40 bits per heavy atom. The highest BCUT2D eigenvalue weighted by molar-refractivity contribution is 5.87. The summed E-state index contributed by atoms with van der Waals surface area (Å²) in [6.07, 6.45) is 0.687. The molecule has 1 fully saturated rings. The van der Waals surface area contributed by atoms with Crippen LogP contribution in [0.25, 0.3) is 0 Å². The van der Waals surface area contributed by atoms with Crippen molar-refractivity contribution in [3.8, 4) is 0 Å². The van der Waals surface area contributed by atoms with Crippen molar-refractivity contribution in [3.63, 3.8) is 0 Å². The fraction of sp³-hybridized carbons (Fsp3) is 0.833. The largest absolute Gasteiger partial charge is 0.444 e. The number of nitrogens with zero attached hydrogens (tertiary/aromatic N) is 3. The fourth-order valence-electron chi connectivity index (χ4n) is 2.10. The minimum atomic E-state index is -0.544. The van der Waals surface area contributed by atoms with Crippen molar-refractivity contribution in [2.75, 3.05) is 19.6 Å². The Labute approximate surface area is 117 Å². The van der Waals surface area contributed by atoms with E-state index in [4.69, 9.17) is 9.94 Å². The second-order valence-electron chi connectivity index (χ2n) is 5.82. The summed E-state index contributed by atoms with van der Waals surface area (Å²) in [5, 5.41) is 22.3. The van der Waals surface area contributed by atoms with Crippen molar-refractivity contribution in [1.29, 1.82) is 0 Å². The van der Waals surface area contributed by atoms with Gasteiger partial charge in [-0.25, -0.2) is 4.79 Å². The molecule has 0 saturated carbocycles. The Morgan fingerprint density at radius 2 is 2.00 bits per heavy atom. The summed E-state index contributed by atoms with van der Waals surface area (Å²) in [5.74, 6) is -0.163. The van der Waals surface area contributed by atoms with E-state index in [0.717, 1.165) is 0 Å². The average Bonchev–Trinajstić information content (AvgIpc) is 2.34. The zero-order valence-electron chi connectivity index (χ0n) is 12.0. The zero-order chi connectivity index (χ0) is 15.3. The summed E-state index contributed by atoms with van der Waals surface area (Å²) in [6, 6.07) is 0. The highest BCUT2D eigenvalue weighted by Gasteiger charge is 2.30. The van der Waals surface area contributed by atoms with Crippen LogP contribution in [-0.4, -0.2) is 52.1 Å². The Bertz CT molecular complexity index is 394. The lowest BCUT2D eigenvalue weighted by Gasteiger charge is -2.33. The smallest absolute Gasteiger partial charge is 0.410 e. The van der Waals surface area contributed by atoms with Crippen LogP contribution in [-0.2, 0) is 4.74 Å². The summed E-state index contributed by atoms with van der Waals surface area (Å²) in [4.78, 5) is 23.4. The van der Waals surface area contributed by atoms with Gasteiger partial charge < -0.3 is 14.8 Å². The Balaban J connectivity index is 2.51. The number of oxime groups is 1. The van der Waals surface area contributed by atoms with Crippen LogP contribution in [0.4, 0.5) is 4.79 Å². The van der Waals surface area contributed by atoms with Gasteiger partial charge in [0.15, 0.2) is 0 Å². The van der Waals surface area contributed by atoms with Gasteiger partial charge >= 0.3 is 6.09 Å². The van der Waals surface area contributed by atoms with Crippen molar-refractivity contribution in [2.45, 2.75) is 39.2 Å². The van der Waals surface area contributed by atoms with Gasteiger partial charge in [0, 0.05) is 23.9 Å². The first-order chi connectivity index (χ1) is 9.23. The van der Waals surface area contributed by atoms with Gasteiger partial charge in [-0.15, -0.1) is 0 Å². The number of piperidine rings is 1. The molecule has 0 spiro atoms. The lowest BCUT2D eigenvalue weighted by atomic mass is 9.92. The first-order valence-electron chi connectivity index (χ1n) is 6.53. The Morgan fingerprint density at radius 1 is 1.45 bits per heavy atom. The first-order valence-corrected chi connectivity index (χ1v) is 6.53. The predicted octanol–water partition coefficient (Wildman–Crippen LogP) is 1.74. The molecule has 0 aromatic heterocycles. The minimum Gasteiger partial charge on any atom is -0.444 e. The number of amides is 1. The van der Waals surface area contributed by atoms with Crippen LogP contribution in [0.3, 0.4) is 0 Å². The van der Waals surface area contributed by atoms with Crippen LogP contribution in [0.1, 0.15) is 33.6 Å². The van der Waals surface area contributed by atoms with E-state index in [0.29, 0.717) is 25.9 Å². The molecular weight excluding hydrogens is 266 g/mol. The molecule has 8 nitrogen and oxygen atoms in total. The van der Waals surface area contributed by atoms with E-state index >= 15 is 0 Å². The Kier molecular flexibility index (Phi) is 5.29. The molecule has 0 atom stereocenters. The molecule has 1 amide bonds. The van der Waals surface area contributed by atoms with Gasteiger partial charge in [0.2, 0.25) is 6.54 Å². The van der Waals surface area contributed by atoms with E-state index in [2.05, 4.69) is 5.16 Å². The third-order valence-corrected chi connectivity index (χ3v) is 3.04. The Hall–Kier alpha value is -1.86. The van der Waals surface area contributed by atoms with Gasteiger partial charge in [0.1, 0.15) is 11.3 Å². The topological polar surface area (TPSA) is 105 Å². The van der Waals surface area contributed by atoms with Crippen LogP contribution in [0.15, 0.2) is 5.16 Å². The molecule has 0 aromatic rings. The molecule has 1 aliphatic rings. The van der Waals surface area contributed by atoms with E-state index in [9.17, 15) is 14.9 Å². The number of nitro groups is 1. The number of carbonyl (C=O) groups is 1. The summed E-state index contributed by atoms with van der Waals surface area (Å²) in [7, 11) is 0. The summed E-state index contributed by atoms with van der Waals surface area (Å²) in [6.45, 7) is 5.81. The molecule has 1 heterocycles. The molecule has 0 unspecified atom stereocenters.